The summed E-state index contributed by atoms with van der Waals surface area (Å²) in [5.74, 6) is -1.74. The molecule has 0 aliphatic rings. The Bertz CT molecular complexity index is 1640. The van der Waals surface area contributed by atoms with Crippen LogP contribution < -0.4 is 10.0 Å². The van der Waals surface area contributed by atoms with Gasteiger partial charge in [-0.1, -0.05) is 50.2 Å². The number of hydrogen-bond donors (Lipinski definition) is 3. The fourth-order valence-electron chi connectivity index (χ4n) is 4.69. The molecule has 0 fully saturated rings. The fourth-order valence-corrected chi connectivity index (χ4v) is 6.02. The highest BCUT2D eigenvalue weighted by molar-refractivity contribution is 7.89. The number of carboxylic acids is 1. The van der Waals surface area contributed by atoms with E-state index in [0.717, 1.165) is 40.5 Å². The molecule has 0 radical (unpaired) electrons. The molecule has 0 bridgehead atoms. The number of hydrogen-bond acceptors (Lipinski definition) is 6. The first kappa shape index (κ1) is 30.0. The van der Waals surface area contributed by atoms with E-state index in [4.69, 9.17) is 9.15 Å². The second-order valence-electron chi connectivity index (χ2n) is 10.2. The van der Waals surface area contributed by atoms with Gasteiger partial charge in [-0.25, -0.2) is 8.42 Å². The SMILES string of the molecule is COCCCc1cccc2oc(C(=O)Nc3ccc(-c4ccc(S(=O)(=O)N[C@H](C(=O)O)C(C)C)cc4)cc3)c(C)c12. The van der Waals surface area contributed by atoms with Gasteiger partial charge >= 0.3 is 5.97 Å². The highest BCUT2D eigenvalue weighted by atomic mass is 32.2. The zero-order valence-electron chi connectivity index (χ0n) is 23.4. The molecular weight excluding hydrogens is 544 g/mol. The number of aliphatic carboxylic acids is 1. The number of sulfonamides is 1. The van der Waals surface area contributed by atoms with Crippen molar-refractivity contribution in [3.8, 4) is 11.1 Å². The number of carboxylic acid groups (broad SMARTS) is 1. The summed E-state index contributed by atoms with van der Waals surface area (Å²) in [6.45, 7) is 5.81. The van der Waals surface area contributed by atoms with Crippen LogP contribution in [0.4, 0.5) is 5.69 Å². The zero-order valence-corrected chi connectivity index (χ0v) is 24.2. The molecule has 41 heavy (non-hydrogen) atoms. The number of nitrogens with one attached hydrogen (secondary N) is 2. The molecule has 9 nitrogen and oxygen atoms in total. The second-order valence-corrected chi connectivity index (χ2v) is 11.9. The van der Waals surface area contributed by atoms with Gasteiger partial charge in [0.1, 0.15) is 11.6 Å². The average molecular weight is 579 g/mol. The first-order chi connectivity index (χ1) is 19.5. The van der Waals surface area contributed by atoms with Gasteiger partial charge in [-0.2, -0.15) is 4.72 Å². The molecule has 3 N–H and O–H groups in total. The Morgan fingerprint density at radius 1 is 0.976 bits per heavy atom. The second kappa shape index (κ2) is 12.7. The van der Waals surface area contributed by atoms with Gasteiger partial charge in [0.15, 0.2) is 5.76 Å². The van der Waals surface area contributed by atoms with Crippen molar-refractivity contribution in [3.63, 3.8) is 0 Å². The van der Waals surface area contributed by atoms with Crippen LogP contribution in [0.2, 0.25) is 0 Å². The third-order valence-corrected chi connectivity index (χ3v) is 8.35. The number of anilines is 1. The number of benzene rings is 3. The van der Waals surface area contributed by atoms with Crippen molar-refractivity contribution in [1.82, 2.24) is 4.72 Å². The molecule has 0 saturated carbocycles. The van der Waals surface area contributed by atoms with Gasteiger partial charge in [0.25, 0.3) is 5.91 Å². The number of rotatable bonds is 12. The van der Waals surface area contributed by atoms with Crippen LogP contribution in [-0.2, 0) is 26.0 Å². The molecule has 0 spiro atoms. The molecule has 1 amide bonds. The fraction of sp³-hybridized carbons (Fsp3) is 0.290. The number of ether oxygens (including phenoxy) is 1. The highest BCUT2D eigenvalue weighted by Gasteiger charge is 2.28. The van der Waals surface area contributed by atoms with Crippen molar-refractivity contribution in [2.45, 2.75) is 44.6 Å². The van der Waals surface area contributed by atoms with Crippen LogP contribution in [0.5, 0.6) is 0 Å². The number of furan rings is 1. The van der Waals surface area contributed by atoms with Gasteiger partial charge in [-0.05, 0) is 72.7 Å². The number of aryl methyl sites for hydroxylation is 2. The lowest BCUT2D eigenvalue weighted by Crippen LogP contribution is -2.44. The molecule has 0 aliphatic carbocycles. The summed E-state index contributed by atoms with van der Waals surface area (Å²) in [4.78, 5) is 24.5. The van der Waals surface area contributed by atoms with Crippen molar-refractivity contribution < 1.29 is 32.3 Å². The first-order valence-corrected chi connectivity index (χ1v) is 14.8. The zero-order chi connectivity index (χ0) is 29.7. The van der Waals surface area contributed by atoms with E-state index >= 15 is 0 Å². The third-order valence-electron chi connectivity index (χ3n) is 6.90. The molecule has 10 heteroatoms. The van der Waals surface area contributed by atoms with Crippen molar-refractivity contribution in [1.29, 1.82) is 0 Å². The summed E-state index contributed by atoms with van der Waals surface area (Å²) in [7, 11) is -2.34. The first-order valence-electron chi connectivity index (χ1n) is 13.3. The summed E-state index contributed by atoms with van der Waals surface area (Å²) in [6.07, 6.45) is 1.69. The van der Waals surface area contributed by atoms with Gasteiger partial charge in [-0.15, -0.1) is 0 Å². The minimum absolute atomic E-state index is 0.0277. The van der Waals surface area contributed by atoms with Gasteiger partial charge in [0.2, 0.25) is 10.0 Å². The van der Waals surface area contributed by atoms with E-state index in [9.17, 15) is 23.1 Å². The maximum atomic E-state index is 13.1. The van der Waals surface area contributed by atoms with Crippen LogP contribution in [-0.4, -0.2) is 45.2 Å². The largest absolute Gasteiger partial charge is 0.480 e. The molecule has 4 aromatic rings. The van der Waals surface area contributed by atoms with Gasteiger partial charge < -0.3 is 19.6 Å². The molecule has 1 atom stereocenters. The van der Waals surface area contributed by atoms with E-state index in [-0.39, 0.29) is 16.6 Å². The molecule has 4 rings (SSSR count). The minimum atomic E-state index is -4.01. The Morgan fingerprint density at radius 2 is 1.61 bits per heavy atom. The topological polar surface area (TPSA) is 135 Å². The van der Waals surface area contributed by atoms with E-state index in [1.165, 1.54) is 12.1 Å². The lowest BCUT2D eigenvalue weighted by atomic mass is 10.0. The average Bonchev–Trinajstić information content (AvgIpc) is 3.29. The Morgan fingerprint density at radius 3 is 2.20 bits per heavy atom. The normalized spacial score (nSPS) is 12.5. The van der Waals surface area contributed by atoms with Crippen LogP contribution in [0.1, 0.15) is 41.9 Å². The quantitative estimate of drug-likeness (QED) is 0.186. The predicted octanol–water partition coefficient (Wildman–Crippen LogP) is 5.63. The van der Waals surface area contributed by atoms with E-state index < -0.39 is 28.0 Å². The van der Waals surface area contributed by atoms with Gasteiger partial charge in [0, 0.05) is 30.4 Å². The third kappa shape index (κ3) is 6.84. The van der Waals surface area contributed by atoms with Crippen molar-refractivity contribution in [2.24, 2.45) is 5.92 Å². The van der Waals surface area contributed by atoms with Crippen molar-refractivity contribution in [2.75, 3.05) is 19.0 Å². The molecular formula is C31H34N2O7S. The molecule has 216 valence electrons. The monoisotopic (exact) mass is 578 g/mol. The molecule has 1 heterocycles. The molecule has 0 aliphatic heterocycles. The molecule has 1 aromatic heterocycles. The lowest BCUT2D eigenvalue weighted by molar-refractivity contribution is -0.140. The smallest absolute Gasteiger partial charge is 0.322 e. The number of fused-ring (bicyclic) bond motifs is 1. The van der Waals surface area contributed by atoms with E-state index in [0.29, 0.717) is 17.9 Å². The Kier molecular flexibility index (Phi) is 9.27. The maximum absolute atomic E-state index is 13.1. The van der Waals surface area contributed by atoms with Crippen LogP contribution in [0.3, 0.4) is 0 Å². The lowest BCUT2D eigenvalue weighted by Gasteiger charge is -2.18. The molecule has 3 aromatic carbocycles. The number of carbonyl (C=O) groups excluding carboxylic acids is 1. The van der Waals surface area contributed by atoms with Crippen molar-refractivity contribution in [3.05, 3.63) is 83.6 Å². The maximum Gasteiger partial charge on any atom is 0.322 e. The Balaban J connectivity index is 1.47. The van der Waals surface area contributed by atoms with Crippen LogP contribution in [0.15, 0.2) is 76.0 Å². The summed E-state index contributed by atoms with van der Waals surface area (Å²) in [5.41, 5.74) is 4.72. The van der Waals surface area contributed by atoms with Crippen LogP contribution in [0, 0.1) is 12.8 Å². The summed E-state index contributed by atoms with van der Waals surface area (Å²) in [6, 6.07) is 17.9. The minimum Gasteiger partial charge on any atom is -0.480 e. The number of amides is 1. The van der Waals surface area contributed by atoms with Gasteiger partial charge in [-0.3, -0.25) is 9.59 Å². The van der Waals surface area contributed by atoms with Crippen molar-refractivity contribution >= 4 is 38.6 Å². The molecule has 0 saturated heterocycles. The Hall–Kier alpha value is -3.99. The predicted molar refractivity (Wildman–Crippen MR) is 158 cm³/mol. The van der Waals surface area contributed by atoms with Crippen LogP contribution in [0.25, 0.3) is 22.1 Å². The summed E-state index contributed by atoms with van der Waals surface area (Å²) in [5, 5.41) is 13.2. The number of methoxy groups -OCH3 is 1. The standard InChI is InChI=1S/C31H34N2O7S/c1-19(2)28(31(35)36)33-41(37,38)25-16-12-22(13-17-25)21-10-14-24(15-11-21)32-30(34)29-20(3)27-23(8-6-18-39-4)7-5-9-26(27)40-29/h5,7,9-17,19,28,33H,6,8,18H2,1-4H3,(H,32,34)(H,35,36)/t28-/m0/s1. The summed E-state index contributed by atoms with van der Waals surface area (Å²) < 4.78 is 38.7. The van der Waals surface area contributed by atoms with Crippen LogP contribution >= 0.6 is 0 Å². The Labute approximate surface area is 239 Å². The summed E-state index contributed by atoms with van der Waals surface area (Å²) >= 11 is 0. The highest BCUT2D eigenvalue weighted by Crippen LogP contribution is 2.30. The number of carbonyl (C=O) groups is 2. The van der Waals surface area contributed by atoms with E-state index in [2.05, 4.69) is 10.0 Å². The van der Waals surface area contributed by atoms with E-state index in [1.807, 2.05) is 37.3 Å². The van der Waals surface area contributed by atoms with Gasteiger partial charge in [0.05, 0.1) is 4.90 Å². The molecule has 0 unspecified atom stereocenters. The van der Waals surface area contributed by atoms with E-state index in [1.54, 1.807) is 45.2 Å².